The van der Waals surface area contributed by atoms with E-state index in [-0.39, 0.29) is 12.9 Å². The molecule has 0 radical (unpaired) electrons. The Labute approximate surface area is 662 Å². The Morgan fingerprint density at radius 1 is 0.353 bits per heavy atom. The minimum atomic E-state index is -2.59. The summed E-state index contributed by atoms with van der Waals surface area (Å²) in [7, 11) is 0. The molecule has 8 aliphatic rings. The summed E-state index contributed by atoms with van der Waals surface area (Å²) in [5.74, 6) is -16.1. The molecule has 0 aromatic carbocycles. The van der Waals surface area contributed by atoms with Crippen LogP contribution in [0.15, 0.2) is 0 Å². The smallest absolute Gasteiger partial charge is 0.364 e. The summed E-state index contributed by atoms with van der Waals surface area (Å²) < 4.78 is 75.5. The van der Waals surface area contributed by atoms with Crippen LogP contribution in [0.1, 0.15) is 81.1 Å². The van der Waals surface area contributed by atoms with Gasteiger partial charge in [0.1, 0.15) is 146 Å². The Hall–Kier alpha value is -3.72. The van der Waals surface area contributed by atoms with Gasteiger partial charge in [-0.15, -0.1) is 0 Å². The third-order valence-corrected chi connectivity index (χ3v) is 22.1. The highest BCUT2D eigenvalue weighted by molar-refractivity contribution is 5.76. The first kappa shape index (κ1) is 103. The summed E-state index contributed by atoms with van der Waals surface area (Å²) in [5, 5.41) is 297. The summed E-state index contributed by atoms with van der Waals surface area (Å²) in [6.45, 7) is 6.18. The topological polar surface area (TPSA) is 804 Å². The molecular weight excluding hydrogens is 1580 g/mol. The summed E-state index contributed by atoms with van der Waals surface area (Å²) in [6.07, 6.45) is -51.8. The maximum Gasteiger partial charge on any atom is 0.364 e. The third-order valence-electron chi connectivity index (χ3n) is 22.1. The number of rotatable bonds is 30. The lowest BCUT2D eigenvalue weighted by Crippen LogP contribution is -2.66. The summed E-state index contributed by atoms with van der Waals surface area (Å²) in [5.41, 5.74) is 0. The van der Waals surface area contributed by atoms with E-state index >= 15 is 0 Å². The number of aliphatic carboxylic acids is 2. The van der Waals surface area contributed by atoms with Gasteiger partial charge in [0.15, 0.2) is 0 Å². The van der Waals surface area contributed by atoms with E-state index in [9.17, 15) is 152 Å². The molecule has 30 N–H and O–H groups in total. The molecule has 8 saturated heterocycles. The zero-order valence-corrected chi connectivity index (χ0v) is 64.5. The predicted molar refractivity (Wildman–Crippen MR) is 369 cm³/mol. The van der Waals surface area contributed by atoms with Crippen molar-refractivity contribution in [1.82, 2.24) is 0 Å². The quantitative estimate of drug-likeness (QED) is 0.0235. The minimum absolute atomic E-state index is 0.0116. The lowest BCUT2D eigenvalue weighted by molar-refractivity contribution is -0.440. The van der Waals surface area contributed by atoms with Crippen molar-refractivity contribution in [2.24, 2.45) is 23.7 Å². The second kappa shape index (κ2) is 44.6. The summed E-state index contributed by atoms with van der Waals surface area (Å²) >= 11 is 0. The van der Waals surface area contributed by atoms with Gasteiger partial charge in [-0.25, -0.2) is 9.59 Å². The van der Waals surface area contributed by atoms with E-state index in [2.05, 4.69) is 0 Å². The summed E-state index contributed by atoms with van der Waals surface area (Å²) in [6, 6.07) is 0. The van der Waals surface area contributed by atoms with Crippen LogP contribution in [-0.4, -0.2) is 474 Å². The highest BCUT2D eigenvalue weighted by Crippen LogP contribution is 2.44. The van der Waals surface area contributed by atoms with Crippen molar-refractivity contribution < 1.29 is 239 Å². The van der Waals surface area contributed by atoms with Crippen LogP contribution in [0.5, 0.6) is 0 Å². The normalized spacial score (nSPS) is 45.5. The van der Waals surface area contributed by atoms with Gasteiger partial charge in [0.05, 0.1) is 139 Å². The van der Waals surface area contributed by atoms with Gasteiger partial charge < -0.3 is 220 Å². The number of carbonyl (C=O) groups excluding carboxylic acids is 2. The van der Waals surface area contributed by atoms with Gasteiger partial charge >= 0.3 is 23.9 Å². The molecule has 0 bridgehead atoms. The average molecular weight is 1710 g/mol. The second-order valence-electron chi connectivity index (χ2n) is 30.3. The number of carboxylic acid groups (broad SMARTS) is 2. The van der Waals surface area contributed by atoms with Gasteiger partial charge in [0.2, 0.25) is 0 Å². The molecule has 0 aliphatic carbocycles. The van der Waals surface area contributed by atoms with E-state index in [1.54, 1.807) is 0 Å². The number of carboxylic acids is 2. The van der Waals surface area contributed by atoms with Crippen molar-refractivity contribution in [2.75, 3.05) is 52.9 Å². The van der Waals surface area contributed by atoms with Crippen LogP contribution in [-0.2, 0) is 85.5 Å². The number of carbonyl (C=O) groups is 4. The fraction of sp³-hybridized carbons (Fsp3) is 0.941. The fourth-order valence-electron chi connectivity index (χ4n) is 14.4. The number of aliphatic hydroxyl groups excluding tert-OH is 28. The number of hydrogen-bond acceptors (Lipinski definition) is 46. The minimum Gasteiger partial charge on any atom is -0.477 e. The molecule has 0 aromatic heterocycles. The van der Waals surface area contributed by atoms with Crippen LogP contribution >= 0.6 is 0 Å². The number of hydrogen-bond donors (Lipinski definition) is 30. The first-order chi connectivity index (χ1) is 54.1. The van der Waals surface area contributed by atoms with E-state index in [1.807, 2.05) is 0 Å². The Morgan fingerprint density at radius 2 is 0.664 bits per heavy atom. The molecule has 8 rings (SSSR count). The van der Waals surface area contributed by atoms with E-state index in [0.717, 1.165) is 0 Å². The first-order valence-corrected chi connectivity index (χ1v) is 37.4. The second-order valence-corrected chi connectivity index (χ2v) is 30.3. The van der Waals surface area contributed by atoms with Crippen molar-refractivity contribution >= 4 is 24.9 Å². The Balaban J connectivity index is 0.000000276. The molecule has 48 heteroatoms. The van der Waals surface area contributed by atoms with Gasteiger partial charge in [0, 0.05) is 36.5 Å². The van der Waals surface area contributed by atoms with Gasteiger partial charge in [-0.1, -0.05) is 27.7 Å². The number of ether oxygens (including phenoxy) is 14. The zero-order chi connectivity index (χ0) is 88.0. The zero-order valence-electron chi connectivity index (χ0n) is 64.5. The van der Waals surface area contributed by atoms with Crippen molar-refractivity contribution in [3.05, 3.63) is 0 Å². The van der Waals surface area contributed by atoms with Crippen molar-refractivity contribution in [3.8, 4) is 0 Å². The van der Waals surface area contributed by atoms with Gasteiger partial charge in [-0.3, -0.25) is 9.59 Å². The monoisotopic (exact) mass is 1700 g/mol. The standard InChI is InChI=1S/4C17H30O12/c1-7-9(21)3-17(26-6-20,28-15(7)12(23)10(22)4-18)29-16-8(2)27-11(5-19)13(24)14(16)25;1-7-9(21)3-17(26-6-20,28-15(7)13(24)10(22)4-18)29-16-12(23)8(2)27-11(5-19)14(16)25;1-6-8(20)3-17(16(25)26,28-14(6)12(23)9(21)4-18)29-15-10(5-19)27-7(2)11(22)13(15)24;1-6-8(19)3-17(16(25)26,29-15(6)12(22)9(20)4-18)27-5-10-13(23)14(24)11(21)7(2)28-10/h2*6-16,18-19,21-25H,3-5H2,1-2H3;2*6-15,18-24H,3-5H2,1-2H3,(H,25,26)/t7-,8+,9-,10-,11?,12-,13-,14+,15?,16?,17+;7-,8+,9-,10-,11?,12?,13-,14-,15?,16-,17+;6-,7+,8-,9-,10?,11?,12-,13-,14?,15-,17+;6-,7+,8-,9-,10?,11-,12-,13-,14?,15?,17-/m1111/s1. The first-order valence-electron chi connectivity index (χ1n) is 37.4. The van der Waals surface area contributed by atoms with E-state index in [0.29, 0.717) is 0 Å². The molecule has 0 spiro atoms. The van der Waals surface area contributed by atoms with Crippen LogP contribution in [0.25, 0.3) is 0 Å². The molecule has 0 aromatic rings. The average Bonchev–Trinajstić information content (AvgIpc) is 0.775. The molecule has 680 valence electrons. The van der Waals surface area contributed by atoms with Crippen LogP contribution in [0.4, 0.5) is 0 Å². The Kier molecular flexibility index (Phi) is 39.5. The third kappa shape index (κ3) is 23.8. The SMILES string of the molecule is C[C@@H]1OC(CO)[C@@H](O)[C@H](O)C1O[C@]1(OC=O)C[C@@H](O)[C@@H](C)C([C@H](O)[C@H](O)CO)O1.C[C@@H]1OC(CO)[C@@H](O)[C@H](O[C@]2(OC=O)C[C@@H](O)[C@@H](C)C([C@H](O)[C@H](O)CO)O2)C1O.C[C@@H]1OC(CO)[C@@H](O[C@]2(C(=O)O)C[C@@H](O)[C@@H](C)C([C@H](O)[C@H](O)CO)O2)[C@H](O)C1O.C[C@@H]1OC(CO[C@]2(C(=O)O)C[C@@H](O)[C@@H](C)C([C@H](O)[C@H](O)CO)O2)[C@@H](O)C(O)[C@@H]1O. The molecular formula is C68H120O48. The molecule has 8 heterocycles. The largest absolute Gasteiger partial charge is 0.477 e. The molecule has 44 atom stereocenters. The maximum atomic E-state index is 12.1. The predicted octanol–water partition coefficient (Wildman–Crippen LogP) is -15.3. The summed E-state index contributed by atoms with van der Waals surface area (Å²) in [4.78, 5) is 46.2. The molecule has 8 aliphatic heterocycles. The van der Waals surface area contributed by atoms with E-state index in [4.69, 9.17) is 86.7 Å². The van der Waals surface area contributed by atoms with Crippen molar-refractivity contribution in [3.63, 3.8) is 0 Å². The van der Waals surface area contributed by atoms with Crippen molar-refractivity contribution in [1.29, 1.82) is 0 Å². The number of aliphatic hydroxyl groups is 28. The highest BCUT2D eigenvalue weighted by atomic mass is 16.9. The van der Waals surface area contributed by atoms with Crippen LogP contribution in [0.3, 0.4) is 0 Å². The van der Waals surface area contributed by atoms with E-state index < -0.39 is 357 Å². The highest BCUT2D eigenvalue weighted by Gasteiger charge is 2.62. The molecule has 12 unspecified atom stereocenters. The maximum absolute atomic E-state index is 12.1. The lowest BCUT2D eigenvalue weighted by atomic mass is 9.84. The van der Waals surface area contributed by atoms with Gasteiger partial charge in [-0.05, 0) is 27.7 Å². The molecule has 116 heavy (non-hydrogen) atoms. The Bertz CT molecular complexity index is 2930. The van der Waals surface area contributed by atoms with Crippen LogP contribution in [0.2, 0.25) is 0 Å². The van der Waals surface area contributed by atoms with Gasteiger partial charge in [-0.2, -0.15) is 0 Å². The molecule has 8 fully saturated rings. The van der Waals surface area contributed by atoms with Crippen LogP contribution < -0.4 is 0 Å². The Morgan fingerprint density at radius 3 is 1.05 bits per heavy atom. The van der Waals surface area contributed by atoms with E-state index in [1.165, 1.54) is 55.4 Å². The molecule has 0 saturated carbocycles. The lowest BCUT2D eigenvalue weighted by Gasteiger charge is -2.49. The molecule has 48 nitrogen and oxygen atoms in total. The van der Waals surface area contributed by atoms with Crippen molar-refractivity contribution in [2.45, 2.75) is 324 Å². The fourth-order valence-corrected chi connectivity index (χ4v) is 14.4. The van der Waals surface area contributed by atoms with Gasteiger partial charge in [0.25, 0.3) is 24.5 Å². The molecule has 0 amide bonds. The van der Waals surface area contributed by atoms with Crippen LogP contribution in [0, 0.1) is 23.7 Å².